The number of carbonyl (C=O) groups is 1. The molecule has 0 aromatic heterocycles. The number of hydrogen-bond donors (Lipinski definition) is 2. The number of benzene rings is 2. The van der Waals surface area contributed by atoms with Gasteiger partial charge in [0.05, 0.1) is 11.4 Å². The fourth-order valence-corrected chi connectivity index (χ4v) is 3.35. The van der Waals surface area contributed by atoms with E-state index in [0.717, 1.165) is 11.1 Å². The molecule has 6 heteroatoms. The van der Waals surface area contributed by atoms with E-state index in [4.69, 9.17) is 0 Å². The number of anilines is 1. The van der Waals surface area contributed by atoms with Crippen LogP contribution in [-0.4, -0.2) is 20.9 Å². The Morgan fingerprint density at radius 2 is 1.65 bits per heavy atom. The van der Waals surface area contributed by atoms with Crippen LogP contribution in [0.5, 0.6) is 0 Å². The van der Waals surface area contributed by atoms with Crippen molar-refractivity contribution in [2.45, 2.75) is 25.7 Å². The van der Waals surface area contributed by atoms with E-state index in [9.17, 15) is 13.2 Å². The standard InChI is InChI=1S/C17H20N2O3S/c1-12-8-9-15(10-14(12)3)19-17(20)11-18-23(21,22)16-7-5-4-6-13(16)2/h4-10,18H,11H2,1-3H3,(H,19,20). The predicted octanol–water partition coefficient (Wildman–Crippen LogP) is 2.53. The van der Waals surface area contributed by atoms with Crippen LogP contribution in [0.1, 0.15) is 16.7 Å². The van der Waals surface area contributed by atoms with Crippen molar-refractivity contribution >= 4 is 21.6 Å². The monoisotopic (exact) mass is 332 g/mol. The zero-order valence-electron chi connectivity index (χ0n) is 13.4. The molecule has 0 unspecified atom stereocenters. The summed E-state index contributed by atoms with van der Waals surface area (Å²) in [6.45, 7) is 5.33. The quantitative estimate of drug-likeness (QED) is 0.883. The summed E-state index contributed by atoms with van der Waals surface area (Å²) in [5, 5.41) is 2.68. The smallest absolute Gasteiger partial charge is 0.241 e. The lowest BCUT2D eigenvalue weighted by atomic mass is 10.1. The van der Waals surface area contributed by atoms with Crippen LogP contribution in [0.4, 0.5) is 5.69 Å². The van der Waals surface area contributed by atoms with Gasteiger partial charge in [0.1, 0.15) is 0 Å². The lowest BCUT2D eigenvalue weighted by Crippen LogP contribution is -2.33. The zero-order chi connectivity index (χ0) is 17.0. The van der Waals surface area contributed by atoms with Crippen LogP contribution in [0, 0.1) is 20.8 Å². The van der Waals surface area contributed by atoms with Crippen molar-refractivity contribution < 1.29 is 13.2 Å². The van der Waals surface area contributed by atoms with Gasteiger partial charge in [0.25, 0.3) is 0 Å². The highest BCUT2D eigenvalue weighted by molar-refractivity contribution is 7.89. The molecule has 0 aliphatic heterocycles. The first kappa shape index (κ1) is 17.2. The first-order chi connectivity index (χ1) is 10.8. The Bertz CT molecular complexity index is 829. The minimum Gasteiger partial charge on any atom is -0.325 e. The fraction of sp³-hybridized carbons (Fsp3) is 0.235. The van der Waals surface area contributed by atoms with Crippen molar-refractivity contribution in [2.75, 3.05) is 11.9 Å². The van der Waals surface area contributed by atoms with E-state index >= 15 is 0 Å². The molecule has 122 valence electrons. The molecule has 2 aromatic carbocycles. The van der Waals surface area contributed by atoms with Gasteiger partial charge in [-0.2, -0.15) is 0 Å². The van der Waals surface area contributed by atoms with Crippen LogP contribution in [-0.2, 0) is 14.8 Å². The lowest BCUT2D eigenvalue weighted by molar-refractivity contribution is -0.115. The summed E-state index contributed by atoms with van der Waals surface area (Å²) in [5.41, 5.74) is 3.47. The molecule has 2 N–H and O–H groups in total. The fourth-order valence-electron chi connectivity index (χ4n) is 2.12. The van der Waals surface area contributed by atoms with E-state index in [-0.39, 0.29) is 11.4 Å². The van der Waals surface area contributed by atoms with Crippen LogP contribution in [0.2, 0.25) is 0 Å². The summed E-state index contributed by atoms with van der Waals surface area (Å²) < 4.78 is 26.8. The van der Waals surface area contributed by atoms with Crippen LogP contribution >= 0.6 is 0 Å². The molecule has 0 aliphatic carbocycles. The van der Waals surface area contributed by atoms with E-state index in [1.165, 1.54) is 6.07 Å². The van der Waals surface area contributed by atoms with Crippen LogP contribution in [0.25, 0.3) is 0 Å². The maximum atomic E-state index is 12.2. The Balaban J connectivity index is 2.01. The average molecular weight is 332 g/mol. The van der Waals surface area contributed by atoms with Crippen molar-refractivity contribution in [1.82, 2.24) is 4.72 Å². The van der Waals surface area contributed by atoms with Crippen LogP contribution < -0.4 is 10.0 Å². The summed E-state index contributed by atoms with van der Waals surface area (Å²) in [6, 6.07) is 12.2. The lowest BCUT2D eigenvalue weighted by Gasteiger charge is -2.10. The average Bonchev–Trinajstić information content (AvgIpc) is 2.49. The third-order valence-electron chi connectivity index (χ3n) is 3.60. The minimum atomic E-state index is -3.70. The molecule has 23 heavy (non-hydrogen) atoms. The molecular formula is C17H20N2O3S. The summed E-state index contributed by atoms with van der Waals surface area (Å²) in [5.74, 6) is -0.412. The first-order valence-corrected chi connectivity index (χ1v) is 8.70. The van der Waals surface area contributed by atoms with Gasteiger partial charge in [0.15, 0.2) is 0 Å². The molecule has 5 nitrogen and oxygen atoms in total. The SMILES string of the molecule is Cc1ccc(NC(=O)CNS(=O)(=O)c2ccccc2C)cc1C. The summed E-state index contributed by atoms with van der Waals surface area (Å²) in [4.78, 5) is 12.1. The van der Waals surface area contributed by atoms with E-state index in [2.05, 4.69) is 10.0 Å². The second-order valence-corrected chi connectivity index (χ2v) is 7.17. The highest BCUT2D eigenvalue weighted by atomic mass is 32.2. The maximum absolute atomic E-state index is 12.2. The summed E-state index contributed by atoms with van der Waals surface area (Å²) in [7, 11) is -3.70. The second-order valence-electron chi connectivity index (χ2n) is 5.44. The zero-order valence-corrected chi connectivity index (χ0v) is 14.2. The Morgan fingerprint density at radius 3 is 2.30 bits per heavy atom. The number of sulfonamides is 1. The van der Waals surface area contributed by atoms with Gasteiger partial charge < -0.3 is 5.32 Å². The Hall–Kier alpha value is -2.18. The minimum absolute atomic E-state index is 0.180. The number of amides is 1. The van der Waals surface area contributed by atoms with Gasteiger partial charge >= 0.3 is 0 Å². The molecule has 0 bridgehead atoms. The third kappa shape index (κ3) is 4.40. The Labute approximate surface area is 136 Å². The van der Waals surface area contributed by atoms with Gasteiger partial charge in [-0.05, 0) is 55.7 Å². The Morgan fingerprint density at radius 1 is 0.957 bits per heavy atom. The van der Waals surface area contributed by atoms with E-state index < -0.39 is 15.9 Å². The number of hydrogen-bond acceptors (Lipinski definition) is 3. The van der Waals surface area contributed by atoms with Gasteiger partial charge in [0.2, 0.25) is 15.9 Å². The summed E-state index contributed by atoms with van der Waals surface area (Å²) >= 11 is 0. The van der Waals surface area contributed by atoms with Crippen molar-refractivity contribution in [3.8, 4) is 0 Å². The molecule has 1 amide bonds. The van der Waals surface area contributed by atoms with Gasteiger partial charge in [0, 0.05) is 5.69 Å². The van der Waals surface area contributed by atoms with Crippen LogP contribution in [0.3, 0.4) is 0 Å². The topological polar surface area (TPSA) is 75.3 Å². The highest BCUT2D eigenvalue weighted by Gasteiger charge is 2.17. The second kappa shape index (κ2) is 6.93. The van der Waals surface area contributed by atoms with Gasteiger partial charge in [-0.1, -0.05) is 24.3 Å². The number of carbonyl (C=O) groups excluding carboxylic acids is 1. The number of aryl methyl sites for hydroxylation is 3. The van der Waals surface area contributed by atoms with E-state index in [0.29, 0.717) is 11.3 Å². The Kier molecular flexibility index (Phi) is 5.18. The van der Waals surface area contributed by atoms with E-state index in [1.807, 2.05) is 26.0 Å². The van der Waals surface area contributed by atoms with Crippen molar-refractivity contribution in [3.05, 3.63) is 59.2 Å². The van der Waals surface area contributed by atoms with Gasteiger partial charge in [-0.3, -0.25) is 4.79 Å². The van der Waals surface area contributed by atoms with Crippen LogP contribution in [0.15, 0.2) is 47.4 Å². The molecule has 0 fully saturated rings. The molecule has 0 saturated carbocycles. The van der Waals surface area contributed by atoms with Crippen molar-refractivity contribution in [2.24, 2.45) is 0 Å². The molecule has 0 atom stereocenters. The molecule has 0 heterocycles. The van der Waals surface area contributed by atoms with Crippen molar-refractivity contribution in [1.29, 1.82) is 0 Å². The molecular weight excluding hydrogens is 312 g/mol. The van der Waals surface area contributed by atoms with Gasteiger partial charge in [-0.15, -0.1) is 0 Å². The molecule has 0 spiro atoms. The molecule has 2 aromatic rings. The molecule has 0 aliphatic rings. The molecule has 0 radical (unpaired) electrons. The number of rotatable bonds is 5. The van der Waals surface area contributed by atoms with Crippen molar-refractivity contribution in [3.63, 3.8) is 0 Å². The largest absolute Gasteiger partial charge is 0.325 e. The predicted molar refractivity (Wildman–Crippen MR) is 90.9 cm³/mol. The third-order valence-corrected chi connectivity index (χ3v) is 5.16. The first-order valence-electron chi connectivity index (χ1n) is 7.22. The molecule has 0 saturated heterocycles. The highest BCUT2D eigenvalue weighted by Crippen LogP contribution is 2.15. The molecule has 2 rings (SSSR count). The normalized spacial score (nSPS) is 11.3. The summed E-state index contributed by atoms with van der Waals surface area (Å²) in [6.07, 6.45) is 0. The van der Waals surface area contributed by atoms with Gasteiger partial charge in [-0.25, -0.2) is 13.1 Å². The number of nitrogens with one attached hydrogen (secondary N) is 2. The maximum Gasteiger partial charge on any atom is 0.241 e. The van der Waals surface area contributed by atoms with E-state index in [1.54, 1.807) is 31.2 Å².